The lowest BCUT2D eigenvalue weighted by Gasteiger charge is -2.06. The van der Waals surface area contributed by atoms with E-state index in [-0.39, 0.29) is 12.3 Å². The lowest BCUT2D eigenvalue weighted by molar-refractivity contribution is 0.580. The second-order valence-corrected chi connectivity index (χ2v) is 7.41. The van der Waals surface area contributed by atoms with Crippen LogP contribution >= 0.6 is 11.3 Å². The third kappa shape index (κ3) is 4.29. The van der Waals surface area contributed by atoms with Gasteiger partial charge in [-0.05, 0) is 24.1 Å². The Kier molecular flexibility index (Phi) is 4.74. The molecule has 0 spiro atoms. The van der Waals surface area contributed by atoms with Crippen molar-refractivity contribution in [3.05, 3.63) is 45.9 Å². The summed E-state index contributed by atoms with van der Waals surface area (Å²) in [5.41, 5.74) is 6.87. The first-order valence-corrected chi connectivity index (χ1v) is 8.70. The highest BCUT2D eigenvalue weighted by atomic mass is 32.2. The van der Waals surface area contributed by atoms with Gasteiger partial charge in [-0.25, -0.2) is 18.1 Å². The van der Waals surface area contributed by atoms with Gasteiger partial charge in [-0.1, -0.05) is 19.1 Å². The van der Waals surface area contributed by atoms with Gasteiger partial charge in [-0.3, -0.25) is 0 Å². The first-order chi connectivity index (χ1) is 9.48. The fourth-order valence-corrected chi connectivity index (χ4v) is 3.69. The molecule has 0 unspecified atom stereocenters. The Morgan fingerprint density at radius 1 is 1.40 bits per heavy atom. The molecule has 0 amide bonds. The molecule has 1 heterocycles. The molecule has 0 aliphatic heterocycles. The predicted octanol–water partition coefficient (Wildman–Crippen LogP) is 1.91. The summed E-state index contributed by atoms with van der Waals surface area (Å²) < 4.78 is 26.5. The van der Waals surface area contributed by atoms with Crippen molar-refractivity contribution in [1.29, 1.82) is 0 Å². The Bertz CT molecular complexity index is 680. The van der Waals surface area contributed by atoms with E-state index in [0.717, 1.165) is 16.3 Å². The molecule has 0 saturated carbocycles. The standard InChI is InChI=1S/C13H17N3O2S2/c1-2-12-7-15-13(19-12)8-16-20(17,18)9-10-4-3-5-11(14)6-10/h3-7,16H,2,8-9,14H2,1H3. The van der Waals surface area contributed by atoms with Crippen LogP contribution in [0.25, 0.3) is 0 Å². The van der Waals surface area contributed by atoms with Crippen molar-refractivity contribution in [2.24, 2.45) is 0 Å². The molecule has 0 saturated heterocycles. The van der Waals surface area contributed by atoms with Crippen LogP contribution in [0, 0.1) is 0 Å². The van der Waals surface area contributed by atoms with Crippen molar-refractivity contribution in [1.82, 2.24) is 9.71 Å². The average Bonchev–Trinajstić information content (AvgIpc) is 2.84. The molecular formula is C13H17N3O2S2. The highest BCUT2D eigenvalue weighted by Gasteiger charge is 2.12. The first kappa shape index (κ1) is 15.0. The number of nitrogens with zero attached hydrogens (tertiary/aromatic N) is 1. The summed E-state index contributed by atoms with van der Waals surface area (Å²) in [6.45, 7) is 2.27. The van der Waals surface area contributed by atoms with Crippen LogP contribution < -0.4 is 10.5 Å². The molecule has 0 atom stereocenters. The summed E-state index contributed by atoms with van der Waals surface area (Å²) in [4.78, 5) is 5.33. The van der Waals surface area contributed by atoms with Gasteiger partial charge in [0, 0.05) is 16.8 Å². The maximum atomic E-state index is 12.0. The Labute approximate surface area is 122 Å². The molecule has 1 aromatic heterocycles. The molecule has 1 aromatic carbocycles. The topological polar surface area (TPSA) is 85.1 Å². The summed E-state index contributed by atoms with van der Waals surface area (Å²) in [5, 5.41) is 0.776. The second kappa shape index (κ2) is 6.34. The van der Waals surface area contributed by atoms with Crippen molar-refractivity contribution in [3.8, 4) is 0 Å². The van der Waals surface area contributed by atoms with Gasteiger partial charge < -0.3 is 5.73 Å². The summed E-state index contributed by atoms with van der Waals surface area (Å²) in [5.74, 6) is -0.0793. The van der Waals surface area contributed by atoms with E-state index >= 15 is 0 Å². The highest BCUT2D eigenvalue weighted by molar-refractivity contribution is 7.88. The third-order valence-corrected chi connectivity index (χ3v) is 5.14. The molecule has 20 heavy (non-hydrogen) atoms. The average molecular weight is 311 g/mol. The lowest BCUT2D eigenvalue weighted by atomic mass is 10.2. The van der Waals surface area contributed by atoms with Crippen molar-refractivity contribution >= 4 is 27.0 Å². The number of anilines is 1. The number of rotatable bonds is 6. The molecule has 2 aromatic rings. The highest BCUT2D eigenvalue weighted by Crippen LogP contribution is 2.14. The van der Waals surface area contributed by atoms with Gasteiger partial charge >= 0.3 is 0 Å². The van der Waals surface area contributed by atoms with Crippen LogP contribution in [0.5, 0.6) is 0 Å². The quantitative estimate of drug-likeness (QED) is 0.798. The van der Waals surface area contributed by atoms with Gasteiger partial charge in [-0.2, -0.15) is 0 Å². The van der Waals surface area contributed by atoms with Gasteiger partial charge in [0.25, 0.3) is 0 Å². The number of thiazole rings is 1. The Hall–Kier alpha value is -1.44. The monoisotopic (exact) mass is 311 g/mol. The number of nitrogen functional groups attached to an aromatic ring is 1. The second-order valence-electron chi connectivity index (χ2n) is 4.40. The molecule has 3 N–H and O–H groups in total. The smallest absolute Gasteiger partial charge is 0.216 e. The maximum absolute atomic E-state index is 12.0. The largest absolute Gasteiger partial charge is 0.399 e. The normalized spacial score (nSPS) is 11.7. The van der Waals surface area contributed by atoms with E-state index in [4.69, 9.17) is 5.73 Å². The van der Waals surface area contributed by atoms with Crippen LogP contribution in [0.4, 0.5) is 5.69 Å². The van der Waals surface area contributed by atoms with Gasteiger partial charge in [-0.15, -0.1) is 11.3 Å². The number of sulfonamides is 1. The number of benzene rings is 1. The zero-order valence-electron chi connectivity index (χ0n) is 11.2. The van der Waals surface area contributed by atoms with Crippen molar-refractivity contribution < 1.29 is 8.42 Å². The number of nitrogens with two attached hydrogens (primary N) is 1. The van der Waals surface area contributed by atoms with Crippen LogP contribution in [0.1, 0.15) is 22.4 Å². The van der Waals surface area contributed by atoms with E-state index in [0.29, 0.717) is 11.3 Å². The van der Waals surface area contributed by atoms with E-state index in [1.807, 2.05) is 6.92 Å². The number of hydrogen-bond acceptors (Lipinski definition) is 5. The van der Waals surface area contributed by atoms with Crippen LogP contribution in [-0.2, 0) is 28.7 Å². The zero-order valence-corrected chi connectivity index (χ0v) is 12.8. The number of hydrogen-bond donors (Lipinski definition) is 2. The molecule has 0 bridgehead atoms. The van der Waals surface area contributed by atoms with Crippen molar-refractivity contribution in [2.45, 2.75) is 25.6 Å². The molecule has 2 rings (SSSR count). The molecule has 0 aliphatic rings. The van der Waals surface area contributed by atoms with Gasteiger partial charge in [0.2, 0.25) is 10.0 Å². The van der Waals surface area contributed by atoms with E-state index in [9.17, 15) is 8.42 Å². The van der Waals surface area contributed by atoms with Crippen LogP contribution in [0.3, 0.4) is 0 Å². The minimum atomic E-state index is -3.39. The van der Waals surface area contributed by atoms with Gasteiger partial charge in [0.1, 0.15) is 5.01 Å². The van der Waals surface area contributed by atoms with E-state index < -0.39 is 10.0 Å². The SMILES string of the molecule is CCc1cnc(CNS(=O)(=O)Cc2cccc(N)c2)s1. The summed E-state index contributed by atoms with van der Waals surface area (Å²) in [7, 11) is -3.39. The molecule has 7 heteroatoms. The molecule has 0 radical (unpaired) electrons. The third-order valence-electron chi connectivity index (χ3n) is 2.70. The predicted molar refractivity (Wildman–Crippen MR) is 81.8 cm³/mol. The number of aryl methyl sites for hydroxylation is 1. The first-order valence-electron chi connectivity index (χ1n) is 6.24. The van der Waals surface area contributed by atoms with Crippen LogP contribution in [0.15, 0.2) is 30.5 Å². The van der Waals surface area contributed by atoms with Crippen molar-refractivity contribution in [2.75, 3.05) is 5.73 Å². The molecular weight excluding hydrogens is 294 g/mol. The lowest BCUT2D eigenvalue weighted by Crippen LogP contribution is -2.24. The molecule has 108 valence electrons. The Balaban J connectivity index is 1.97. The minimum Gasteiger partial charge on any atom is -0.399 e. The van der Waals surface area contributed by atoms with Crippen LogP contribution in [-0.4, -0.2) is 13.4 Å². The molecule has 0 fully saturated rings. The number of aromatic nitrogens is 1. The molecule has 5 nitrogen and oxygen atoms in total. The fraction of sp³-hybridized carbons (Fsp3) is 0.308. The number of nitrogens with one attached hydrogen (secondary N) is 1. The Morgan fingerprint density at radius 3 is 2.85 bits per heavy atom. The van der Waals surface area contributed by atoms with E-state index in [1.165, 1.54) is 11.3 Å². The van der Waals surface area contributed by atoms with Crippen molar-refractivity contribution in [3.63, 3.8) is 0 Å². The fourth-order valence-electron chi connectivity index (χ4n) is 1.72. The summed E-state index contributed by atoms with van der Waals surface area (Å²) in [6.07, 6.45) is 2.69. The van der Waals surface area contributed by atoms with Gasteiger partial charge in [0.05, 0.1) is 12.3 Å². The van der Waals surface area contributed by atoms with E-state index in [2.05, 4.69) is 9.71 Å². The minimum absolute atomic E-state index is 0.0793. The van der Waals surface area contributed by atoms with Gasteiger partial charge in [0.15, 0.2) is 0 Å². The molecule has 0 aliphatic carbocycles. The van der Waals surface area contributed by atoms with E-state index in [1.54, 1.807) is 30.5 Å². The van der Waals surface area contributed by atoms with Crippen LogP contribution in [0.2, 0.25) is 0 Å². The summed E-state index contributed by atoms with van der Waals surface area (Å²) in [6, 6.07) is 6.88. The summed E-state index contributed by atoms with van der Waals surface area (Å²) >= 11 is 1.52. The zero-order chi connectivity index (χ0) is 14.6. The maximum Gasteiger partial charge on any atom is 0.216 e. The Morgan fingerprint density at radius 2 is 2.20 bits per heavy atom.